The number of carbonyl (C=O) groups excluding carboxylic acids is 2. The molecule has 0 spiro atoms. The Balaban J connectivity index is 2.13. The van der Waals surface area contributed by atoms with Crippen LogP contribution < -0.4 is 4.74 Å². The first kappa shape index (κ1) is 21.1. The van der Waals surface area contributed by atoms with Crippen molar-refractivity contribution >= 4 is 33.4 Å². The number of hydrogen-bond donors (Lipinski definition) is 1. The fourth-order valence-corrected chi connectivity index (χ4v) is 3.91. The molecule has 1 fully saturated rings. The van der Waals surface area contributed by atoms with Crippen molar-refractivity contribution in [2.75, 3.05) is 34.3 Å². The number of likely N-dealkylation sites (N-methyl/N-ethyl adjacent to an activating group) is 1. The SMILES string of the molecule is COc1ccc(/C(O)=C2/C(=O)C(=O)N(CCN(C)C)C2c2ccccc2)cc1Br. The molecule has 1 N–H and O–H groups in total. The predicted octanol–water partition coefficient (Wildman–Crippen LogP) is 3.44. The lowest BCUT2D eigenvalue weighted by molar-refractivity contribution is -0.140. The summed E-state index contributed by atoms with van der Waals surface area (Å²) >= 11 is 3.40. The Morgan fingerprint density at radius 3 is 2.45 bits per heavy atom. The largest absolute Gasteiger partial charge is 0.507 e. The number of amides is 1. The van der Waals surface area contributed by atoms with Crippen LogP contribution >= 0.6 is 15.9 Å². The van der Waals surface area contributed by atoms with E-state index in [1.54, 1.807) is 25.3 Å². The number of ether oxygens (including phenoxy) is 1. The molecule has 2 aromatic carbocycles. The summed E-state index contributed by atoms with van der Waals surface area (Å²) in [5, 5.41) is 11.0. The van der Waals surface area contributed by atoms with E-state index < -0.39 is 17.7 Å². The van der Waals surface area contributed by atoms with Crippen molar-refractivity contribution in [1.82, 2.24) is 9.80 Å². The van der Waals surface area contributed by atoms with Gasteiger partial charge in [0.25, 0.3) is 11.7 Å². The topological polar surface area (TPSA) is 70.1 Å². The fraction of sp³-hybridized carbons (Fsp3) is 0.273. The molecular weight excluding hydrogens is 436 g/mol. The standard InChI is InChI=1S/C22H23BrN2O4/c1-24(2)11-12-25-19(14-7-5-4-6-8-14)18(21(27)22(25)28)20(26)15-9-10-17(29-3)16(23)13-15/h4-10,13,19,26H,11-12H2,1-3H3/b20-18-. The van der Waals surface area contributed by atoms with E-state index in [4.69, 9.17) is 4.74 Å². The molecule has 1 saturated heterocycles. The van der Waals surface area contributed by atoms with E-state index in [1.807, 2.05) is 49.3 Å². The lowest BCUT2D eigenvalue weighted by atomic mass is 9.95. The molecule has 1 unspecified atom stereocenters. The number of hydrogen-bond acceptors (Lipinski definition) is 5. The van der Waals surface area contributed by atoms with E-state index in [1.165, 1.54) is 4.90 Å². The highest BCUT2D eigenvalue weighted by Crippen LogP contribution is 2.40. The van der Waals surface area contributed by atoms with E-state index in [0.29, 0.717) is 28.9 Å². The first-order valence-corrected chi connectivity index (χ1v) is 9.96. The molecule has 6 nitrogen and oxygen atoms in total. The van der Waals surface area contributed by atoms with Gasteiger partial charge in [0.1, 0.15) is 11.5 Å². The Labute approximate surface area is 178 Å². The van der Waals surface area contributed by atoms with Crippen LogP contribution in [0.15, 0.2) is 58.6 Å². The van der Waals surface area contributed by atoms with Crippen LogP contribution in [-0.4, -0.2) is 60.9 Å². The number of Topliss-reactive ketones (excluding diaryl/α,β-unsaturated/α-hetero) is 1. The maximum Gasteiger partial charge on any atom is 0.295 e. The minimum atomic E-state index is -0.679. The van der Waals surface area contributed by atoms with Crippen molar-refractivity contribution in [2.45, 2.75) is 6.04 Å². The molecule has 1 amide bonds. The van der Waals surface area contributed by atoms with E-state index in [-0.39, 0.29) is 11.3 Å². The molecule has 0 aliphatic carbocycles. The molecule has 1 heterocycles. The molecule has 1 aliphatic heterocycles. The second kappa shape index (κ2) is 8.80. The lowest BCUT2D eigenvalue weighted by Gasteiger charge is -2.26. The minimum Gasteiger partial charge on any atom is -0.507 e. The quantitative estimate of drug-likeness (QED) is 0.407. The number of aliphatic hydroxyl groups is 1. The molecule has 7 heteroatoms. The number of methoxy groups -OCH3 is 1. The third-order valence-electron chi connectivity index (χ3n) is 4.87. The Bertz CT molecular complexity index is 957. The van der Waals surface area contributed by atoms with Gasteiger partial charge in [-0.2, -0.15) is 0 Å². The maximum atomic E-state index is 12.9. The second-order valence-corrected chi connectivity index (χ2v) is 7.91. The average molecular weight is 459 g/mol. The Hall–Kier alpha value is -2.64. The lowest BCUT2D eigenvalue weighted by Crippen LogP contribution is -2.35. The molecule has 0 radical (unpaired) electrons. The molecule has 1 atom stereocenters. The Morgan fingerprint density at radius 1 is 1.17 bits per heavy atom. The third-order valence-corrected chi connectivity index (χ3v) is 5.49. The Morgan fingerprint density at radius 2 is 1.86 bits per heavy atom. The van der Waals surface area contributed by atoms with E-state index in [9.17, 15) is 14.7 Å². The number of carbonyl (C=O) groups is 2. The van der Waals surface area contributed by atoms with Crippen LogP contribution in [0, 0.1) is 0 Å². The number of nitrogens with zero attached hydrogens (tertiary/aromatic N) is 2. The molecule has 29 heavy (non-hydrogen) atoms. The number of halogens is 1. The third kappa shape index (κ3) is 4.21. The number of ketones is 1. The number of rotatable bonds is 6. The first-order chi connectivity index (χ1) is 13.8. The number of benzene rings is 2. The Kier molecular flexibility index (Phi) is 6.39. The van der Waals surface area contributed by atoms with Crippen molar-refractivity contribution in [1.29, 1.82) is 0 Å². The van der Waals surface area contributed by atoms with Crippen molar-refractivity contribution in [3.63, 3.8) is 0 Å². The smallest absolute Gasteiger partial charge is 0.295 e. The molecule has 0 aromatic heterocycles. The summed E-state index contributed by atoms with van der Waals surface area (Å²) in [4.78, 5) is 29.2. The van der Waals surface area contributed by atoms with Gasteiger partial charge >= 0.3 is 0 Å². The summed E-state index contributed by atoms with van der Waals surface area (Å²) in [5.74, 6) is -0.877. The van der Waals surface area contributed by atoms with Crippen molar-refractivity contribution in [2.24, 2.45) is 0 Å². The summed E-state index contributed by atoms with van der Waals surface area (Å²) in [6, 6.07) is 13.7. The molecule has 2 aromatic rings. The van der Waals surface area contributed by atoms with Gasteiger partial charge in [0.2, 0.25) is 0 Å². The van der Waals surface area contributed by atoms with E-state index >= 15 is 0 Å². The van der Waals surface area contributed by atoms with Crippen LogP contribution in [0.25, 0.3) is 5.76 Å². The monoisotopic (exact) mass is 458 g/mol. The van der Waals surface area contributed by atoms with Gasteiger partial charge in [0.15, 0.2) is 0 Å². The van der Waals surface area contributed by atoms with Gasteiger partial charge in [-0.25, -0.2) is 0 Å². The minimum absolute atomic E-state index is 0.0945. The van der Waals surface area contributed by atoms with Gasteiger partial charge in [-0.15, -0.1) is 0 Å². The second-order valence-electron chi connectivity index (χ2n) is 7.06. The normalized spacial score (nSPS) is 18.5. The molecule has 3 rings (SSSR count). The summed E-state index contributed by atoms with van der Waals surface area (Å²) in [6.07, 6.45) is 0. The predicted molar refractivity (Wildman–Crippen MR) is 115 cm³/mol. The molecule has 152 valence electrons. The highest BCUT2D eigenvalue weighted by molar-refractivity contribution is 9.10. The van der Waals surface area contributed by atoms with Crippen LogP contribution in [0.2, 0.25) is 0 Å². The zero-order valence-electron chi connectivity index (χ0n) is 16.6. The highest BCUT2D eigenvalue weighted by atomic mass is 79.9. The summed E-state index contributed by atoms with van der Waals surface area (Å²) in [6.45, 7) is 0.977. The van der Waals surface area contributed by atoms with Gasteiger partial charge in [0, 0.05) is 18.7 Å². The van der Waals surface area contributed by atoms with Crippen LogP contribution in [-0.2, 0) is 9.59 Å². The highest BCUT2D eigenvalue weighted by Gasteiger charge is 2.45. The zero-order valence-corrected chi connectivity index (χ0v) is 18.1. The zero-order chi connectivity index (χ0) is 21.1. The van der Waals surface area contributed by atoms with Crippen LogP contribution in [0.3, 0.4) is 0 Å². The summed E-state index contributed by atoms with van der Waals surface area (Å²) in [5.41, 5.74) is 1.31. The molecular formula is C22H23BrN2O4. The van der Waals surface area contributed by atoms with Crippen LogP contribution in [0.5, 0.6) is 5.75 Å². The van der Waals surface area contributed by atoms with E-state index in [2.05, 4.69) is 15.9 Å². The van der Waals surface area contributed by atoms with Crippen molar-refractivity contribution < 1.29 is 19.4 Å². The van der Waals surface area contributed by atoms with E-state index in [0.717, 1.165) is 5.56 Å². The van der Waals surface area contributed by atoms with Gasteiger partial charge in [-0.1, -0.05) is 30.3 Å². The summed E-state index contributed by atoms with van der Waals surface area (Å²) in [7, 11) is 5.36. The molecule has 0 bridgehead atoms. The summed E-state index contributed by atoms with van der Waals surface area (Å²) < 4.78 is 5.87. The fourth-order valence-electron chi connectivity index (χ4n) is 3.37. The average Bonchev–Trinajstić information content (AvgIpc) is 2.97. The van der Waals surface area contributed by atoms with Gasteiger partial charge in [-0.3, -0.25) is 9.59 Å². The maximum absolute atomic E-state index is 12.9. The molecule has 1 aliphatic rings. The first-order valence-electron chi connectivity index (χ1n) is 9.17. The van der Waals surface area contributed by atoms with Crippen LogP contribution in [0.1, 0.15) is 17.2 Å². The van der Waals surface area contributed by atoms with Gasteiger partial charge < -0.3 is 19.6 Å². The van der Waals surface area contributed by atoms with Gasteiger partial charge in [-0.05, 0) is 53.8 Å². The van der Waals surface area contributed by atoms with Gasteiger partial charge in [0.05, 0.1) is 23.2 Å². The van der Waals surface area contributed by atoms with Crippen molar-refractivity contribution in [3.05, 3.63) is 69.7 Å². The van der Waals surface area contributed by atoms with Crippen LogP contribution in [0.4, 0.5) is 0 Å². The number of likely N-dealkylation sites (tertiary alicyclic amines) is 1. The number of aliphatic hydroxyl groups excluding tert-OH is 1. The molecule has 0 saturated carbocycles. The van der Waals surface area contributed by atoms with Crippen molar-refractivity contribution in [3.8, 4) is 5.75 Å².